The number of carboxylic acid groups (broad SMARTS) is 1. The Morgan fingerprint density at radius 2 is 2.12 bits per heavy atom. The van der Waals surface area contributed by atoms with Crippen LogP contribution in [0.5, 0.6) is 5.88 Å². The highest BCUT2D eigenvalue weighted by Crippen LogP contribution is 2.26. The summed E-state index contributed by atoms with van der Waals surface area (Å²) in [6, 6.07) is 11.4. The van der Waals surface area contributed by atoms with Crippen molar-refractivity contribution in [2.24, 2.45) is 5.10 Å². The van der Waals surface area contributed by atoms with Gasteiger partial charge < -0.3 is 19.0 Å². The fourth-order valence-corrected chi connectivity index (χ4v) is 3.16. The molecular formula is C23H19ClN4O6. The first-order valence-electron chi connectivity index (χ1n) is 9.79. The number of amides is 1. The minimum absolute atomic E-state index is 0.0352. The lowest BCUT2D eigenvalue weighted by molar-refractivity contribution is -0.123. The molecule has 0 atom stereocenters. The van der Waals surface area contributed by atoms with Gasteiger partial charge in [-0.05, 0) is 43.3 Å². The molecule has 0 radical (unpaired) electrons. The van der Waals surface area contributed by atoms with Crippen LogP contribution in [0, 0.1) is 18.3 Å². The molecule has 2 aromatic heterocycles. The van der Waals surface area contributed by atoms with Crippen LogP contribution in [0.2, 0.25) is 5.02 Å². The van der Waals surface area contributed by atoms with E-state index in [1.807, 2.05) is 6.07 Å². The molecule has 0 aliphatic rings. The summed E-state index contributed by atoms with van der Waals surface area (Å²) in [6.07, 6.45) is 1.28. The summed E-state index contributed by atoms with van der Waals surface area (Å²) < 4.78 is 16.1. The lowest BCUT2D eigenvalue weighted by Gasteiger charge is -2.10. The number of carbonyl (C=O) groups is 2. The van der Waals surface area contributed by atoms with Crippen molar-refractivity contribution in [3.05, 3.63) is 69.6 Å². The number of rotatable bonds is 9. The Labute approximate surface area is 199 Å². The van der Waals surface area contributed by atoms with E-state index in [0.29, 0.717) is 28.3 Å². The predicted octanol–water partition coefficient (Wildman–Crippen LogP) is 3.55. The number of aromatic carboxylic acids is 1. The fraction of sp³-hybridized carbons (Fsp3) is 0.174. The van der Waals surface area contributed by atoms with Crippen molar-refractivity contribution >= 4 is 29.7 Å². The van der Waals surface area contributed by atoms with Crippen molar-refractivity contribution in [3.63, 3.8) is 0 Å². The Hall–Kier alpha value is -4.20. The first kappa shape index (κ1) is 24.4. The Bertz CT molecular complexity index is 1300. The number of hydrogen-bond acceptors (Lipinski definition) is 8. The van der Waals surface area contributed by atoms with Crippen LogP contribution in [0.15, 0.2) is 45.9 Å². The minimum Gasteiger partial charge on any atom is -0.478 e. The minimum atomic E-state index is -1.15. The van der Waals surface area contributed by atoms with Crippen LogP contribution in [0.25, 0.3) is 11.3 Å². The number of hydrazone groups is 1. The molecule has 1 amide bonds. The van der Waals surface area contributed by atoms with Crippen LogP contribution in [-0.2, 0) is 16.1 Å². The Balaban J connectivity index is 1.61. The van der Waals surface area contributed by atoms with E-state index in [9.17, 15) is 20.0 Å². The highest BCUT2D eigenvalue weighted by atomic mass is 35.5. The van der Waals surface area contributed by atoms with Crippen molar-refractivity contribution in [2.45, 2.75) is 13.5 Å². The monoisotopic (exact) mass is 482 g/mol. The molecule has 11 heteroatoms. The molecule has 0 aliphatic heterocycles. The molecule has 2 heterocycles. The van der Waals surface area contributed by atoms with E-state index < -0.39 is 18.5 Å². The second-order valence-electron chi connectivity index (χ2n) is 6.93. The van der Waals surface area contributed by atoms with Gasteiger partial charge in [0, 0.05) is 23.9 Å². The van der Waals surface area contributed by atoms with E-state index in [1.165, 1.54) is 25.5 Å². The number of benzene rings is 1. The number of furan rings is 1. The highest BCUT2D eigenvalue weighted by molar-refractivity contribution is 6.33. The van der Waals surface area contributed by atoms with Gasteiger partial charge in [-0.25, -0.2) is 15.2 Å². The zero-order valence-electron chi connectivity index (χ0n) is 18.2. The standard InChI is InChI=1S/C23H19ClN4O6/c1-13-7-15(11-32-2)18(9-25)22(27-13)33-12-21(29)28-26-10-16-4-6-20(34-16)14-3-5-19(24)17(8-14)23(30)31/h3-8,10H,11-12H2,1-2H3,(H,28,29)(H,30,31). The molecule has 1 aromatic carbocycles. The number of nitrogens with one attached hydrogen (secondary N) is 1. The molecule has 0 saturated heterocycles. The number of ether oxygens (including phenoxy) is 2. The van der Waals surface area contributed by atoms with Gasteiger partial charge in [-0.15, -0.1) is 0 Å². The number of methoxy groups -OCH3 is 1. The molecule has 3 rings (SSSR count). The Morgan fingerprint density at radius 3 is 2.82 bits per heavy atom. The van der Waals surface area contributed by atoms with Gasteiger partial charge in [0.05, 0.1) is 23.4 Å². The summed E-state index contributed by atoms with van der Waals surface area (Å²) in [7, 11) is 1.51. The second kappa shape index (κ2) is 11.1. The van der Waals surface area contributed by atoms with E-state index in [1.54, 1.807) is 31.2 Å². The van der Waals surface area contributed by atoms with Gasteiger partial charge in [0.15, 0.2) is 6.61 Å². The number of aromatic nitrogens is 1. The van der Waals surface area contributed by atoms with Gasteiger partial charge in [-0.2, -0.15) is 10.4 Å². The van der Waals surface area contributed by atoms with Gasteiger partial charge in [-0.3, -0.25) is 4.79 Å². The highest BCUT2D eigenvalue weighted by Gasteiger charge is 2.15. The number of carbonyl (C=O) groups excluding carboxylic acids is 1. The summed E-state index contributed by atoms with van der Waals surface area (Å²) in [5, 5.41) is 22.5. The summed E-state index contributed by atoms with van der Waals surface area (Å²) in [5.41, 5.74) is 4.18. The van der Waals surface area contributed by atoms with Gasteiger partial charge >= 0.3 is 5.97 Å². The van der Waals surface area contributed by atoms with E-state index in [0.717, 1.165) is 0 Å². The van der Waals surface area contributed by atoms with Crippen LogP contribution in [-0.4, -0.2) is 41.9 Å². The maximum absolute atomic E-state index is 12.1. The normalized spacial score (nSPS) is 10.8. The van der Waals surface area contributed by atoms with Gasteiger partial charge in [0.25, 0.3) is 5.91 Å². The zero-order chi connectivity index (χ0) is 24.7. The molecule has 0 bridgehead atoms. The maximum atomic E-state index is 12.1. The molecule has 0 unspecified atom stereocenters. The van der Waals surface area contributed by atoms with E-state index in [-0.39, 0.29) is 28.6 Å². The molecule has 174 valence electrons. The lowest BCUT2D eigenvalue weighted by atomic mass is 10.1. The Morgan fingerprint density at radius 1 is 1.32 bits per heavy atom. The smallest absolute Gasteiger partial charge is 0.337 e. The summed E-state index contributed by atoms with van der Waals surface area (Å²) in [5.74, 6) is -0.973. The zero-order valence-corrected chi connectivity index (χ0v) is 18.9. The van der Waals surface area contributed by atoms with Crippen LogP contribution in [0.1, 0.15) is 32.9 Å². The number of carboxylic acids is 1. The molecule has 2 N–H and O–H groups in total. The van der Waals surface area contributed by atoms with Crippen LogP contribution < -0.4 is 10.2 Å². The van der Waals surface area contributed by atoms with Gasteiger partial charge in [0.2, 0.25) is 5.88 Å². The van der Waals surface area contributed by atoms with E-state index >= 15 is 0 Å². The van der Waals surface area contributed by atoms with Crippen molar-refractivity contribution in [1.82, 2.24) is 10.4 Å². The van der Waals surface area contributed by atoms with Crippen molar-refractivity contribution in [3.8, 4) is 23.3 Å². The third kappa shape index (κ3) is 5.98. The molecule has 34 heavy (non-hydrogen) atoms. The molecule has 3 aromatic rings. The van der Waals surface area contributed by atoms with Crippen LogP contribution in [0.3, 0.4) is 0 Å². The number of nitriles is 1. The molecule has 10 nitrogen and oxygen atoms in total. The number of hydrogen-bond donors (Lipinski definition) is 2. The number of halogens is 1. The van der Waals surface area contributed by atoms with Crippen LogP contribution >= 0.6 is 11.6 Å². The fourth-order valence-electron chi connectivity index (χ4n) is 2.96. The van der Waals surface area contributed by atoms with Gasteiger partial charge in [-0.1, -0.05) is 11.6 Å². The van der Waals surface area contributed by atoms with Crippen molar-refractivity contribution < 1.29 is 28.6 Å². The average molecular weight is 483 g/mol. The third-order valence-electron chi connectivity index (χ3n) is 4.44. The van der Waals surface area contributed by atoms with Crippen molar-refractivity contribution in [2.75, 3.05) is 13.7 Å². The second-order valence-corrected chi connectivity index (χ2v) is 7.34. The SMILES string of the molecule is COCc1cc(C)nc(OCC(=O)NN=Cc2ccc(-c3ccc(Cl)c(C(=O)O)c3)o2)c1C#N. The van der Waals surface area contributed by atoms with E-state index in [2.05, 4.69) is 15.5 Å². The van der Waals surface area contributed by atoms with Gasteiger partial charge in [0.1, 0.15) is 23.2 Å². The number of nitrogens with zero attached hydrogens (tertiary/aromatic N) is 3. The summed E-state index contributed by atoms with van der Waals surface area (Å²) >= 11 is 5.88. The summed E-state index contributed by atoms with van der Waals surface area (Å²) in [4.78, 5) is 27.5. The predicted molar refractivity (Wildman–Crippen MR) is 122 cm³/mol. The third-order valence-corrected chi connectivity index (χ3v) is 4.77. The lowest BCUT2D eigenvalue weighted by Crippen LogP contribution is -2.25. The molecule has 0 aliphatic carbocycles. The largest absolute Gasteiger partial charge is 0.478 e. The van der Waals surface area contributed by atoms with E-state index in [4.69, 9.17) is 25.5 Å². The molecule has 0 fully saturated rings. The maximum Gasteiger partial charge on any atom is 0.337 e. The summed E-state index contributed by atoms with van der Waals surface area (Å²) in [6.45, 7) is 1.53. The first-order valence-corrected chi connectivity index (χ1v) is 10.2. The molecule has 0 saturated carbocycles. The topological polar surface area (TPSA) is 147 Å². The van der Waals surface area contributed by atoms with Crippen LogP contribution in [0.4, 0.5) is 0 Å². The number of pyridine rings is 1. The van der Waals surface area contributed by atoms with Crippen molar-refractivity contribution in [1.29, 1.82) is 5.26 Å². The molecular weight excluding hydrogens is 464 g/mol. The Kier molecular flexibility index (Phi) is 7.97. The molecule has 0 spiro atoms. The average Bonchev–Trinajstić information content (AvgIpc) is 3.26. The first-order chi connectivity index (χ1) is 16.3. The quantitative estimate of drug-likeness (QED) is 0.347. The number of aryl methyl sites for hydroxylation is 1.